The van der Waals surface area contributed by atoms with Crippen LogP contribution in [0.5, 0.6) is 0 Å². The number of rotatable bonds is 3. The van der Waals surface area contributed by atoms with E-state index < -0.39 is 0 Å². The summed E-state index contributed by atoms with van der Waals surface area (Å²) < 4.78 is 13.8. The summed E-state index contributed by atoms with van der Waals surface area (Å²) in [6.07, 6.45) is 1.71. The van der Waals surface area contributed by atoms with Gasteiger partial charge in [-0.2, -0.15) is 0 Å². The van der Waals surface area contributed by atoms with Crippen molar-refractivity contribution in [1.82, 2.24) is 4.98 Å². The van der Waals surface area contributed by atoms with Crippen LogP contribution in [0, 0.1) is 5.82 Å². The third-order valence-corrected chi connectivity index (χ3v) is 4.48. The molecule has 0 unspecified atom stereocenters. The topological polar surface area (TPSA) is 39.6 Å². The monoisotopic (exact) mass is 293 g/mol. The number of anilines is 2. The smallest absolute Gasteiger partial charge is 0.185 e. The Hall–Kier alpha value is -1.66. The number of aromatic nitrogens is 1. The molecule has 2 aromatic rings. The van der Waals surface area contributed by atoms with Crippen LogP contribution in [0.3, 0.4) is 0 Å². The first kappa shape index (κ1) is 13.3. The summed E-state index contributed by atoms with van der Waals surface area (Å²) in [7, 11) is 0. The quantitative estimate of drug-likeness (QED) is 0.941. The van der Waals surface area contributed by atoms with Crippen LogP contribution < -0.4 is 9.80 Å². The maximum atomic E-state index is 13.8. The second kappa shape index (κ2) is 5.76. The van der Waals surface area contributed by atoms with Crippen LogP contribution in [0.4, 0.5) is 15.2 Å². The van der Waals surface area contributed by atoms with Crippen molar-refractivity contribution in [3.8, 4) is 0 Å². The number of nitrogens with zero attached hydrogens (tertiary/aromatic N) is 3. The molecule has 0 saturated carbocycles. The highest BCUT2D eigenvalue weighted by molar-refractivity contribution is 7.15. The maximum Gasteiger partial charge on any atom is 0.185 e. The standard InChI is InChI=1S/C14H16FN3OS/c15-12-3-1-2-4-13(12)17-5-7-18(8-6-17)14-16-9-11(10-19)20-14/h1-4,9,19H,5-8,10H2. The molecule has 2 heterocycles. The third-order valence-electron chi connectivity index (χ3n) is 3.44. The van der Waals surface area contributed by atoms with Crippen LogP contribution in [0.15, 0.2) is 30.5 Å². The summed E-state index contributed by atoms with van der Waals surface area (Å²) in [5.41, 5.74) is 0.669. The van der Waals surface area contributed by atoms with E-state index in [4.69, 9.17) is 5.11 Å². The molecule has 106 valence electrons. The van der Waals surface area contributed by atoms with E-state index in [-0.39, 0.29) is 12.4 Å². The summed E-state index contributed by atoms with van der Waals surface area (Å²) in [6.45, 7) is 3.20. The van der Waals surface area contributed by atoms with Crippen molar-refractivity contribution in [1.29, 1.82) is 0 Å². The molecule has 1 aromatic carbocycles. The Morgan fingerprint density at radius 3 is 2.50 bits per heavy atom. The molecule has 1 aromatic heterocycles. The number of benzene rings is 1. The van der Waals surface area contributed by atoms with Gasteiger partial charge in [0.25, 0.3) is 0 Å². The number of para-hydroxylation sites is 1. The van der Waals surface area contributed by atoms with Gasteiger partial charge in [-0.05, 0) is 12.1 Å². The van der Waals surface area contributed by atoms with E-state index in [1.54, 1.807) is 12.3 Å². The van der Waals surface area contributed by atoms with Crippen LogP contribution in [0.2, 0.25) is 0 Å². The first-order chi connectivity index (χ1) is 9.78. The Bertz CT molecular complexity index is 581. The predicted molar refractivity (Wildman–Crippen MR) is 78.9 cm³/mol. The van der Waals surface area contributed by atoms with Gasteiger partial charge in [0, 0.05) is 32.4 Å². The Labute approximate surface area is 121 Å². The molecule has 1 fully saturated rings. The Morgan fingerprint density at radius 1 is 1.15 bits per heavy atom. The van der Waals surface area contributed by atoms with Crippen molar-refractivity contribution in [2.75, 3.05) is 36.0 Å². The molecule has 0 bridgehead atoms. The van der Waals surface area contributed by atoms with Crippen molar-refractivity contribution >= 4 is 22.2 Å². The van der Waals surface area contributed by atoms with Crippen LogP contribution in [-0.4, -0.2) is 36.3 Å². The molecule has 0 radical (unpaired) electrons. The van der Waals surface area contributed by atoms with E-state index in [1.807, 2.05) is 12.1 Å². The van der Waals surface area contributed by atoms with E-state index >= 15 is 0 Å². The molecular weight excluding hydrogens is 277 g/mol. The lowest BCUT2D eigenvalue weighted by Gasteiger charge is -2.36. The third kappa shape index (κ3) is 2.62. The molecule has 1 aliphatic rings. The number of halogens is 1. The Balaban J connectivity index is 1.66. The SMILES string of the molecule is OCc1cnc(N2CCN(c3ccccc3F)CC2)s1. The lowest BCUT2D eigenvalue weighted by Crippen LogP contribution is -2.46. The van der Waals surface area contributed by atoms with Crippen molar-refractivity contribution < 1.29 is 9.50 Å². The average Bonchev–Trinajstić information content (AvgIpc) is 2.97. The Morgan fingerprint density at radius 2 is 1.85 bits per heavy atom. The molecule has 0 aliphatic carbocycles. The second-order valence-electron chi connectivity index (χ2n) is 4.69. The maximum absolute atomic E-state index is 13.8. The lowest BCUT2D eigenvalue weighted by atomic mass is 10.2. The fourth-order valence-electron chi connectivity index (χ4n) is 2.36. The van der Waals surface area contributed by atoms with Gasteiger partial charge in [-0.25, -0.2) is 9.37 Å². The molecule has 0 atom stereocenters. The minimum Gasteiger partial charge on any atom is -0.391 e. The number of hydrogen-bond acceptors (Lipinski definition) is 5. The zero-order valence-corrected chi connectivity index (χ0v) is 11.8. The highest BCUT2D eigenvalue weighted by Crippen LogP contribution is 2.26. The molecule has 1 aliphatic heterocycles. The van der Waals surface area contributed by atoms with Gasteiger partial charge in [-0.15, -0.1) is 0 Å². The van der Waals surface area contributed by atoms with Crippen molar-refractivity contribution in [2.24, 2.45) is 0 Å². The average molecular weight is 293 g/mol. The molecular formula is C14H16FN3OS. The van der Waals surface area contributed by atoms with Crippen molar-refractivity contribution in [2.45, 2.75) is 6.61 Å². The fraction of sp³-hybridized carbons (Fsp3) is 0.357. The molecule has 0 amide bonds. The van der Waals surface area contributed by atoms with Crippen molar-refractivity contribution in [3.05, 3.63) is 41.2 Å². The number of aliphatic hydroxyl groups excluding tert-OH is 1. The van der Waals surface area contributed by atoms with Gasteiger partial charge in [0.05, 0.1) is 17.2 Å². The lowest BCUT2D eigenvalue weighted by molar-refractivity contribution is 0.285. The summed E-state index contributed by atoms with van der Waals surface area (Å²) in [5.74, 6) is -0.169. The van der Waals surface area contributed by atoms with Gasteiger partial charge < -0.3 is 14.9 Å². The highest BCUT2D eigenvalue weighted by atomic mass is 32.1. The summed E-state index contributed by atoms with van der Waals surface area (Å²) >= 11 is 1.51. The molecule has 0 spiro atoms. The van der Waals surface area contributed by atoms with Gasteiger partial charge in [0.2, 0.25) is 0 Å². The molecule has 1 N–H and O–H groups in total. The van der Waals surface area contributed by atoms with Gasteiger partial charge in [0.1, 0.15) is 5.82 Å². The molecule has 20 heavy (non-hydrogen) atoms. The van der Waals surface area contributed by atoms with Crippen molar-refractivity contribution in [3.63, 3.8) is 0 Å². The van der Waals surface area contributed by atoms with E-state index in [0.717, 1.165) is 36.2 Å². The number of piperazine rings is 1. The fourth-order valence-corrected chi connectivity index (χ4v) is 3.18. The summed E-state index contributed by atoms with van der Waals surface area (Å²) in [6, 6.07) is 6.88. The highest BCUT2D eigenvalue weighted by Gasteiger charge is 2.21. The first-order valence-corrected chi connectivity index (χ1v) is 7.39. The number of thiazole rings is 1. The zero-order valence-electron chi connectivity index (χ0n) is 11.0. The van der Waals surface area contributed by atoms with Crippen LogP contribution in [0.1, 0.15) is 4.88 Å². The largest absolute Gasteiger partial charge is 0.391 e. The van der Waals surface area contributed by atoms with Crippen LogP contribution in [-0.2, 0) is 6.61 Å². The van der Waals surface area contributed by atoms with Crippen LogP contribution >= 0.6 is 11.3 Å². The minimum absolute atomic E-state index is 0.0346. The number of aliphatic hydroxyl groups is 1. The van der Waals surface area contributed by atoms with Gasteiger partial charge in [-0.1, -0.05) is 23.5 Å². The normalized spacial score (nSPS) is 15.7. The Kier molecular flexibility index (Phi) is 3.84. The number of hydrogen-bond donors (Lipinski definition) is 1. The zero-order chi connectivity index (χ0) is 13.9. The van der Waals surface area contributed by atoms with E-state index in [2.05, 4.69) is 14.8 Å². The summed E-state index contributed by atoms with van der Waals surface area (Å²) in [4.78, 5) is 9.43. The minimum atomic E-state index is -0.169. The van der Waals surface area contributed by atoms with Gasteiger partial charge in [0.15, 0.2) is 5.13 Å². The van der Waals surface area contributed by atoms with E-state index in [1.165, 1.54) is 17.4 Å². The molecule has 6 heteroatoms. The van der Waals surface area contributed by atoms with E-state index in [0.29, 0.717) is 5.69 Å². The van der Waals surface area contributed by atoms with Crippen LogP contribution in [0.25, 0.3) is 0 Å². The molecule has 1 saturated heterocycles. The second-order valence-corrected chi connectivity index (χ2v) is 5.79. The van der Waals surface area contributed by atoms with Gasteiger partial charge >= 0.3 is 0 Å². The molecule has 3 rings (SSSR count). The molecule has 4 nitrogen and oxygen atoms in total. The predicted octanol–water partition coefficient (Wildman–Crippen LogP) is 2.10. The summed E-state index contributed by atoms with van der Waals surface area (Å²) in [5, 5.41) is 10.0. The van der Waals surface area contributed by atoms with E-state index in [9.17, 15) is 4.39 Å². The first-order valence-electron chi connectivity index (χ1n) is 6.58. The van der Waals surface area contributed by atoms with Gasteiger partial charge in [-0.3, -0.25) is 0 Å².